The summed E-state index contributed by atoms with van der Waals surface area (Å²) in [4.78, 5) is 30.8. The second kappa shape index (κ2) is 8.75. The number of hydrogen-bond donors (Lipinski definition) is 2. The number of anilines is 3. The summed E-state index contributed by atoms with van der Waals surface area (Å²) >= 11 is 0. The van der Waals surface area contributed by atoms with Crippen molar-refractivity contribution in [2.24, 2.45) is 5.92 Å². The molecule has 2 rings (SSSR count). The molecule has 9 heteroatoms. The van der Waals surface area contributed by atoms with Crippen molar-refractivity contribution in [1.82, 2.24) is 9.97 Å². The van der Waals surface area contributed by atoms with Crippen molar-refractivity contribution >= 4 is 29.0 Å². The van der Waals surface area contributed by atoms with Gasteiger partial charge in [-0.25, -0.2) is 14.8 Å². The standard InChI is InChI=1S/C17H21N5O4/c1-11(2)8-9-18-15-14(22(24)25)16(20-10-19-15)21-13-7-5-4-6-12(13)17(23)26-3/h4-7,10-11H,8-9H2,1-3H3,(H2,18,19,20,21). The lowest BCUT2D eigenvalue weighted by atomic mass is 10.1. The monoisotopic (exact) mass is 359 g/mol. The molecular formula is C17H21N5O4. The van der Waals surface area contributed by atoms with Gasteiger partial charge in [-0.05, 0) is 24.5 Å². The molecule has 0 aliphatic carbocycles. The first kappa shape index (κ1) is 19.1. The van der Waals surface area contributed by atoms with E-state index in [1.165, 1.54) is 13.4 Å². The van der Waals surface area contributed by atoms with Crippen LogP contribution in [-0.2, 0) is 4.74 Å². The Balaban J connectivity index is 2.35. The molecule has 0 spiro atoms. The topological polar surface area (TPSA) is 119 Å². The highest BCUT2D eigenvalue weighted by Crippen LogP contribution is 2.32. The maximum Gasteiger partial charge on any atom is 0.353 e. The van der Waals surface area contributed by atoms with Gasteiger partial charge in [0.05, 0.1) is 23.3 Å². The average molecular weight is 359 g/mol. The number of nitrogens with one attached hydrogen (secondary N) is 2. The van der Waals surface area contributed by atoms with Gasteiger partial charge in [0.15, 0.2) is 0 Å². The Morgan fingerprint density at radius 3 is 2.62 bits per heavy atom. The third kappa shape index (κ3) is 4.65. The molecule has 138 valence electrons. The molecule has 1 aromatic heterocycles. The molecule has 2 aromatic rings. The minimum Gasteiger partial charge on any atom is -0.465 e. The van der Waals surface area contributed by atoms with E-state index in [0.717, 1.165) is 6.42 Å². The highest BCUT2D eigenvalue weighted by atomic mass is 16.6. The Kier molecular flexibility index (Phi) is 6.42. The lowest BCUT2D eigenvalue weighted by Gasteiger charge is -2.12. The SMILES string of the molecule is COC(=O)c1ccccc1Nc1ncnc(NCCC(C)C)c1[N+](=O)[O-]. The molecule has 9 nitrogen and oxygen atoms in total. The molecular weight excluding hydrogens is 338 g/mol. The number of carbonyl (C=O) groups is 1. The molecule has 0 saturated heterocycles. The van der Waals surface area contributed by atoms with E-state index >= 15 is 0 Å². The van der Waals surface area contributed by atoms with E-state index in [1.54, 1.807) is 24.3 Å². The van der Waals surface area contributed by atoms with Gasteiger partial charge in [-0.2, -0.15) is 0 Å². The van der Waals surface area contributed by atoms with Crippen LogP contribution in [0.25, 0.3) is 0 Å². The van der Waals surface area contributed by atoms with Crippen molar-refractivity contribution in [1.29, 1.82) is 0 Å². The van der Waals surface area contributed by atoms with E-state index in [1.807, 2.05) is 0 Å². The van der Waals surface area contributed by atoms with Gasteiger partial charge in [-0.3, -0.25) is 10.1 Å². The Bertz CT molecular complexity index is 794. The van der Waals surface area contributed by atoms with Crippen LogP contribution in [0.1, 0.15) is 30.6 Å². The maximum atomic E-state index is 11.9. The first-order chi connectivity index (χ1) is 12.4. The minimum atomic E-state index is -0.555. The molecule has 0 amide bonds. The number of esters is 1. The van der Waals surface area contributed by atoms with Crippen LogP contribution < -0.4 is 10.6 Å². The van der Waals surface area contributed by atoms with Crippen molar-refractivity contribution < 1.29 is 14.5 Å². The number of methoxy groups -OCH3 is 1. The highest BCUT2D eigenvalue weighted by molar-refractivity contribution is 5.96. The lowest BCUT2D eigenvalue weighted by molar-refractivity contribution is -0.383. The van der Waals surface area contributed by atoms with E-state index in [2.05, 4.69) is 34.4 Å². The minimum absolute atomic E-state index is 0.00611. The molecule has 26 heavy (non-hydrogen) atoms. The largest absolute Gasteiger partial charge is 0.465 e. The van der Waals surface area contributed by atoms with Crippen molar-refractivity contribution in [3.63, 3.8) is 0 Å². The zero-order chi connectivity index (χ0) is 19.1. The second-order valence-electron chi connectivity index (χ2n) is 5.95. The first-order valence-corrected chi connectivity index (χ1v) is 8.11. The molecule has 0 radical (unpaired) electrons. The number of para-hydroxylation sites is 1. The van der Waals surface area contributed by atoms with E-state index in [9.17, 15) is 14.9 Å². The molecule has 0 aliphatic heterocycles. The van der Waals surface area contributed by atoms with Crippen molar-refractivity contribution in [2.75, 3.05) is 24.3 Å². The fourth-order valence-electron chi connectivity index (χ4n) is 2.26. The van der Waals surface area contributed by atoms with E-state index < -0.39 is 10.9 Å². The van der Waals surface area contributed by atoms with Crippen LogP contribution in [0.5, 0.6) is 0 Å². The summed E-state index contributed by atoms with van der Waals surface area (Å²) in [5.74, 6) is 0.0186. The Labute approximate surface area is 151 Å². The Morgan fingerprint density at radius 1 is 1.27 bits per heavy atom. The third-order valence-electron chi connectivity index (χ3n) is 3.60. The van der Waals surface area contributed by atoms with Crippen LogP contribution in [0.4, 0.5) is 23.0 Å². The zero-order valence-electron chi connectivity index (χ0n) is 14.9. The molecule has 1 heterocycles. The predicted octanol–water partition coefficient (Wildman–Crippen LogP) is 3.37. The predicted molar refractivity (Wildman–Crippen MR) is 97.7 cm³/mol. The van der Waals surface area contributed by atoms with Gasteiger partial charge in [-0.1, -0.05) is 26.0 Å². The van der Waals surface area contributed by atoms with Gasteiger partial charge in [-0.15, -0.1) is 0 Å². The van der Waals surface area contributed by atoms with Crippen molar-refractivity contribution in [2.45, 2.75) is 20.3 Å². The first-order valence-electron chi connectivity index (χ1n) is 8.11. The summed E-state index contributed by atoms with van der Waals surface area (Å²) in [6, 6.07) is 6.54. The number of nitrogens with zero attached hydrogens (tertiary/aromatic N) is 3. The summed E-state index contributed by atoms with van der Waals surface area (Å²) in [5, 5.41) is 17.4. The number of rotatable bonds is 8. The molecule has 1 aromatic carbocycles. The summed E-state index contributed by atoms with van der Waals surface area (Å²) in [6.45, 7) is 4.67. The van der Waals surface area contributed by atoms with Gasteiger partial charge < -0.3 is 15.4 Å². The van der Waals surface area contributed by atoms with Crippen molar-refractivity contribution in [3.05, 3.63) is 46.3 Å². The number of nitro groups is 1. The second-order valence-corrected chi connectivity index (χ2v) is 5.95. The number of ether oxygens (including phenoxy) is 1. The fourth-order valence-corrected chi connectivity index (χ4v) is 2.26. The van der Waals surface area contributed by atoms with Crippen LogP contribution in [0.3, 0.4) is 0 Å². The van der Waals surface area contributed by atoms with Gasteiger partial charge in [0.25, 0.3) is 0 Å². The quantitative estimate of drug-likeness (QED) is 0.418. The number of benzene rings is 1. The highest BCUT2D eigenvalue weighted by Gasteiger charge is 2.24. The molecule has 0 aliphatic rings. The molecule has 0 fully saturated rings. The Hall–Kier alpha value is -3.23. The summed E-state index contributed by atoms with van der Waals surface area (Å²) < 4.78 is 4.73. The van der Waals surface area contributed by atoms with Crippen LogP contribution >= 0.6 is 0 Å². The van der Waals surface area contributed by atoms with Gasteiger partial charge in [0.1, 0.15) is 6.33 Å². The third-order valence-corrected chi connectivity index (χ3v) is 3.60. The smallest absolute Gasteiger partial charge is 0.353 e. The fraction of sp³-hybridized carbons (Fsp3) is 0.353. The number of carbonyl (C=O) groups excluding carboxylic acids is 1. The van der Waals surface area contributed by atoms with Gasteiger partial charge >= 0.3 is 11.7 Å². The number of hydrogen-bond acceptors (Lipinski definition) is 8. The maximum absolute atomic E-state index is 11.9. The summed E-state index contributed by atoms with van der Waals surface area (Å²) in [7, 11) is 1.27. The summed E-state index contributed by atoms with van der Waals surface area (Å²) in [5.41, 5.74) is 0.322. The van der Waals surface area contributed by atoms with Gasteiger partial charge in [0.2, 0.25) is 11.6 Å². The van der Waals surface area contributed by atoms with Crippen LogP contribution in [0.15, 0.2) is 30.6 Å². The van der Waals surface area contributed by atoms with Crippen LogP contribution in [0, 0.1) is 16.0 Å². The van der Waals surface area contributed by atoms with Crippen LogP contribution in [-0.4, -0.2) is 34.5 Å². The van der Waals surface area contributed by atoms with E-state index in [0.29, 0.717) is 18.2 Å². The normalized spacial score (nSPS) is 10.5. The van der Waals surface area contributed by atoms with E-state index in [-0.39, 0.29) is 22.9 Å². The van der Waals surface area contributed by atoms with E-state index in [4.69, 9.17) is 4.74 Å². The molecule has 0 bridgehead atoms. The van der Waals surface area contributed by atoms with Gasteiger partial charge in [0, 0.05) is 6.54 Å². The zero-order valence-corrected chi connectivity index (χ0v) is 14.9. The molecule has 2 N–H and O–H groups in total. The number of aromatic nitrogens is 2. The Morgan fingerprint density at radius 2 is 1.96 bits per heavy atom. The lowest BCUT2D eigenvalue weighted by Crippen LogP contribution is -2.11. The van der Waals surface area contributed by atoms with Crippen molar-refractivity contribution in [3.8, 4) is 0 Å². The average Bonchev–Trinajstić information content (AvgIpc) is 2.61. The molecule has 0 unspecified atom stereocenters. The summed E-state index contributed by atoms with van der Waals surface area (Å²) in [6.07, 6.45) is 2.07. The van der Waals surface area contributed by atoms with Crippen LogP contribution in [0.2, 0.25) is 0 Å². The molecule has 0 saturated carbocycles. The molecule has 0 atom stereocenters.